The highest BCUT2D eigenvalue weighted by Gasteiger charge is 2.33. The molecule has 188 valence electrons. The average Bonchev–Trinajstić information content (AvgIpc) is 2.78. The van der Waals surface area contributed by atoms with Crippen LogP contribution in [0.1, 0.15) is 83.7 Å². The fourth-order valence-corrected chi connectivity index (χ4v) is 3.88. The number of esters is 1. The van der Waals surface area contributed by atoms with Gasteiger partial charge in [0.05, 0.1) is 16.8 Å². The van der Waals surface area contributed by atoms with Gasteiger partial charge < -0.3 is 20.3 Å². The van der Waals surface area contributed by atoms with E-state index in [0.717, 1.165) is 0 Å². The number of hydrogen-bond acceptors (Lipinski definition) is 6. The Hall–Kier alpha value is -4.13. The molecule has 0 heterocycles. The standard InChI is InChI=1S/C29H31NO6/c1-28(2,3)22-15-21(27(35)36-20-13-7-17(16-31)8-14-20)24(23(25(22)32)29(4,5)6)30-19-11-9-18(10-12-19)26(33)34/h7-16,30,32H,1-6H3,(H,33,34). The van der Waals surface area contributed by atoms with Crippen molar-refractivity contribution in [3.63, 3.8) is 0 Å². The molecular weight excluding hydrogens is 458 g/mol. The van der Waals surface area contributed by atoms with Gasteiger partial charge in [-0.05, 0) is 65.4 Å². The molecule has 0 radical (unpaired) electrons. The summed E-state index contributed by atoms with van der Waals surface area (Å²) >= 11 is 0. The number of phenolic OH excluding ortho intramolecular Hbond substituents is 1. The predicted octanol–water partition coefficient (Wildman–Crippen LogP) is 6.46. The zero-order chi connectivity index (χ0) is 26.8. The van der Waals surface area contributed by atoms with Crippen molar-refractivity contribution in [1.82, 2.24) is 0 Å². The first-order valence-corrected chi connectivity index (χ1v) is 11.5. The van der Waals surface area contributed by atoms with Crippen LogP contribution >= 0.6 is 0 Å². The van der Waals surface area contributed by atoms with E-state index >= 15 is 0 Å². The van der Waals surface area contributed by atoms with E-state index in [-0.39, 0.29) is 22.6 Å². The maximum absolute atomic E-state index is 13.5. The molecule has 0 aromatic heterocycles. The van der Waals surface area contributed by atoms with Crippen molar-refractivity contribution in [3.8, 4) is 11.5 Å². The topological polar surface area (TPSA) is 113 Å². The van der Waals surface area contributed by atoms with E-state index in [9.17, 15) is 24.6 Å². The van der Waals surface area contributed by atoms with Gasteiger partial charge >= 0.3 is 11.9 Å². The molecule has 0 atom stereocenters. The van der Waals surface area contributed by atoms with Crippen LogP contribution in [0.3, 0.4) is 0 Å². The van der Waals surface area contributed by atoms with Crippen LogP contribution < -0.4 is 10.1 Å². The lowest BCUT2D eigenvalue weighted by atomic mass is 9.77. The molecule has 3 aromatic rings. The minimum atomic E-state index is -1.05. The Labute approximate surface area is 210 Å². The lowest BCUT2D eigenvalue weighted by Crippen LogP contribution is -2.22. The van der Waals surface area contributed by atoms with E-state index in [2.05, 4.69) is 5.32 Å². The zero-order valence-corrected chi connectivity index (χ0v) is 21.3. The van der Waals surface area contributed by atoms with Gasteiger partial charge in [0.25, 0.3) is 0 Å². The molecule has 3 aromatic carbocycles. The molecule has 0 bridgehead atoms. The first-order valence-electron chi connectivity index (χ1n) is 11.5. The number of rotatable bonds is 6. The monoisotopic (exact) mass is 489 g/mol. The Morgan fingerprint density at radius 2 is 1.47 bits per heavy atom. The van der Waals surface area contributed by atoms with Crippen LogP contribution in [0.4, 0.5) is 11.4 Å². The highest BCUT2D eigenvalue weighted by molar-refractivity contribution is 6.00. The molecule has 0 saturated carbocycles. The van der Waals surface area contributed by atoms with Crippen LogP contribution in [-0.2, 0) is 10.8 Å². The number of carbonyl (C=O) groups excluding carboxylic acids is 2. The third kappa shape index (κ3) is 5.74. The average molecular weight is 490 g/mol. The molecule has 3 N–H and O–H groups in total. The van der Waals surface area contributed by atoms with E-state index in [0.29, 0.717) is 34.4 Å². The van der Waals surface area contributed by atoms with Gasteiger partial charge in [0, 0.05) is 22.4 Å². The molecule has 0 saturated heterocycles. The number of carboxylic acid groups (broad SMARTS) is 1. The molecule has 3 rings (SSSR count). The second-order valence-electron chi connectivity index (χ2n) is 10.7. The summed E-state index contributed by atoms with van der Waals surface area (Å²) in [6.07, 6.45) is 0.703. The number of phenols is 1. The van der Waals surface area contributed by atoms with E-state index in [1.165, 1.54) is 24.3 Å². The summed E-state index contributed by atoms with van der Waals surface area (Å²) in [7, 11) is 0. The lowest BCUT2D eigenvalue weighted by molar-refractivity contribution is 0.0694. The summed E-state index contributed by atoms with van der Waals surface area (Å²) in [6, 6.07) is 13.9. The SMILES string of the molecule is CC(C)(C)c1cc(C(=O)Oc2ccc(C=O)cc2)c(Nc2ccc(C(=O)O)cc2)c(C(C)(C)C)c1O. The number of aromatic carboxylic acids is 1. The summed E-state index contributed by atoms with van der Waals surface area (Å²) in [6.45, 7) is 11.6. The molecule has 7 nitrogen and oxygen atoms in total. The summed E-state index contributed by atoms with van der Waals surface area (Å²) < 4.78 is 5.65. The minimum Gasteiger partial charge on any atom is -0.507 e. The normalized spacial score (nSPS) is 11.6. The van der Waals surface area contributed by atoms with Gasteiger partial charge in [0.2, 0.25) is 0 Å². The van der Waals surface area contributed by atoms with Gasteiger partial charge in [-0.1, -0.05) is 41.5 Å². The van der Waals surface area contributed by atoms with Crippen LogP contribution in [-0.4, -0.2) is 28.4 Å². The Morgan fingerprint density at radius 3 is 1.94 bits per heavy atom. The molecule has 0 fully saturated rings. The predicted molar refractivity (Wildman–Crippen MR) is 139 cm³/mol. The third-order valence-electron chi connectivity index (χ3n) is 5.71. The van der Waals surface area contributed by atoms with Crippen LogP contribution in [0, 0.1) is 0 Å². The summed E-state index contributed by atoms with van der Waals surface area (Å²) in [4.78, 5) is 35.7. The minimum absolute atomic E-state index is 0.0755. The number of carboxylic acids is 1. The van der Waals surface area contributed by atoms with Gasteiger partial charge in [0.15, 0.2) is 0 Å². The van der Waals surface area contributed by atoms with Gasteiger partial charge in [-0.25, -0.2) is 9.59 Å². The van der Waals surface area contributed by atoms with Gasteiger partial charge in [-0.15, -0.1) is 0 Å². The summed E-state index contributed by atoms with van der Waals surface area (Å²) in [5.74, 6) is -1.35. The summed E-state index contributed by atoms with van der Waals surface area (Å²) in [5.41, 5.74) is 1.76. The Kier molecular flexibility index (Phi) is 7.25. The number of hydrogen-bond donors (Lipinski definition) is 3. The van der Waals surface area contributed by atoms with Crippen LogP contribution in [0.15, 0.2) is 54.6 Å². The largest absolute Gasteiger partial charge is 0.507 e. The highest BCUT2D eigenvalue weighted by atomic mass is 16.5. The van der Waals surface area contributed by atoms with E-state index in [1.807, 2.05) is 41.5 Å². The Morgan fingerprint density at radius 1 is 0.889 bits per heavy atom. The second-order valence-corrected chi connectivity index (χ2v) is 10.7. The van der Waals surface area contributed by atoms with Crippen molar-refractivity contribution in [1.29, 1.82) is 0 Å². The molecule has 0 unspecified atom stereocenters. The number of nitrogens with one attached hydrogen (secondary N) is 1. The first-order chi connectivity index (χ1) is 16.7. The fourth-order valence-electron chi connectivity index (χ4n) is 3.88. The van der Waals surface area contributed by atoms with Crippen molar-refractivity contribution in [3.05, 3.63) is 82.4 Å². The van der Waals surface area contributed by atoms with E-state index in [1.54, 1.807) is 30.3 Å². The number of ether oxygens (including phenoxy) is 1. The van der Waals surface area contributed by atoms with Gasteiger partial charge in [0.1, 0.15) is 17.8 Å². The smallest absolute Gasteiger partial charge is 0.345 e. The number of benzene rings is 3. The molecule has 0 aliphatic rings. The molecular formula is C29H31NO6. The molecule has 0 aliphatic heterocycles. The second kappa shape index (κ2) is 9.85. The van der Waals surface area contributed by atoms with Crippen molar-refractivity contribution in [2.45, 2.75) is 52.4 Å². The number of aromatic hydroxyl groups is 1. The molecule has 7 heteroatoms. The first kappa shape index (κ1) is 26.5. The molecule has 0 spiro atoms. The van der Waals surface area contributed by atoms with E-state index < -0.39 is 22.8 Å². The van der Waals surface area contributed by atoms with Crippen molar-refractivity contribution in [2.75, 3.05) is 5.32 Å². The van der Waals surface area contributed by atoms with Crippen LogP contribution in [0.25, 0.3) is 0 Å². The quantitative estimate of drug-likeness (QED) is 0.207. The Bertz CT molecular complexity index is 1290. The maximum atomic E-state index is 13.5. The fraction of sp³-hybridized carbons (Fsp3) is 0.276. The number of aldehydes is 1. The van der Waals surface area contributed by atoms with Crippen molar-refractivity contribution < 1.29 is 29.3 Å². The molecule has 0 amide bonds. The Balaban J connectivity index is 2.21. The number of carbonyl (C=O) groups is 3. The van der Waals surface area contributed by atoms with Crippen LogP contribution in [0.2, 0.25) is 0 Å². The van der Waals surface area contributed by atoms with Gasteiger partial charge in [-0.2, -0.15) is 0 Å². The van der Waals surface area contributed by atoms with E-state index in [4.69, 9.17) is 4.74 Å². The molecule has 0 aliphatic carbocycles. The van der Waals surface area contributed by atoms with Crippen molar-refractivity contribution >= 4 is 29.6 Å². The van der Waals surface area contributed by atoms with Crippen molar-refractivity contribution in [2.24, 2.45) is 0 Å². The summed E-state index contributed by atoms with van der Waals surface area (Å²) in [5, 5.41) is 23.8. The zero-order valence-electron chi connectivity index (χ0n) is 21.3. The molecule has 36 heavy (non-hydrogen) atoms. The number of anilines is 2. The highest BCUT2D eigenvalue weighted by Crippen LogP contribution is 2.46. The van der Waals surface area contributed by atoms with Crippen LogP contribution in [0.5, 0.6) is 11.5 Å². The lowest BCUT2D eigenvalue weighted by Gasteiger charge is -2.31. The third-order valence-corrected chi connectivity index (χ3v) is 5.71. The van der Waals surface area contributed by atoms with Gasteiger partial charge in [-0.3, -0.25) is 4.79 Å². The maximum Gasteiger partial charge on any atom is 0.345 e.